The predicted molar refractivity (Wildman–Crippen MR) is 78.7 cm³/mol. The van der Waals surface area contributed by atoms with Crippen molar-refractivity contribution in [2.24, 2.45) is 0 Å². The maximum Gasteiger partial charge on any atom is 0.0952 e. The van der Waals surface area contributed by atoms with Crippen molar-refractivity contribution in [3.63, 3.8) is 0 Å². The van der Waals surface area contributed by atoms with Gasteiger partial charge in [0.25, 0.3) is 0 Å². The average molecular weight is 292 g/mol. The summed E-state index contributed by atoms with van der Waals surface area (Å²) in [6.07, 6.45) is 2.02. The van der Waals surface area contributed by atoms with E-state index in [0.29, 0.717) is 0 Å². The molecule has 0 amide bonds. The summed E-state index contributed by atoms with van der Waals surface area (Å²) in [7, 11) is 0. The topological polar surface area (TPSA) is 41.2 Å². The summed E-state index contributed by atoms with van der Waals surface area (Å²) < 4.78 is 5.88. The fourth-order valence-electron chi connectivity index (χ4n) is 2.50. The molecule has 1 aromatic carbocycles. The molecule has 0 aliphatic carbocycles. The van der Waals surface area contributed by atoms with E-state index in [9.17, 15) is 0 Å². The molecule has 0 unspecified atom stereocenters. The zero-order chi connectivity index (χ0) is 13.9. The molecular formula is C15H18ClN3O. The zero-order valence-electron chi connectivity index (χ0n) is 11.5. The molecule has 1 atom stereocenters. The molecule has 1 N–H and O–H groups in total. The Morgan fingerprint density at radius 3 is 2.90 bits per heavy atom. The van der Waals surface area contributed by atoms with Crippen LogP contribution in [0.4, 0.5) is 0 Å². The second-order valence-corrected chi connectivity index (χ2v) is 5.60. The van der Waals surface area contributed by atoms with Crippen LogP contribution < -0.4 is 0 Å². The lowest BCUT2D eigenvalue weighted by Crippen LogP contribution is -2.37. The molecule has 20 heavy (non-hydrogen) atoms. The SMILES string of the molecule is Cc1[nH]ncc1CN1CCO[C@H](c2ccc(Cl)cc2)C1. The minimum absolute atomic E-state index is 0.119. The number of nitrogens with one attached hydrogen (secondary N) is 1. The van der Waals surface area contributed by atoms with E-state index in [0.717, 1.165) is 37.0 Å². The number of rotatable bonds is 3. The average Bonchev–Trinajstić information content (AvgIpc) is 2.85. The summed E-state index contributed by atoms with van der Waals surface area (Å²) in [4.78, 5) is 2.40. The Hall–Kier alpha value is -1.36. The molecule has 2 aromatic rings. The summed E-state index contributed by atoms with van der Waals surface area (Å²) in [5, 5.41) is 7.82. The molecular weight excluding hydrogens is 274 g/mol. The molecule has 106 valence electrons. The molecule has 4 nitrogen and oxygen atoms in total. The number of halogens is 1. The summed E-state index contributed by atoms with van der Waals surface area (Å²) in [6, 6.07) is 7.91. The van der Waals surface area contributed by atoms with Crippen molar-refractivity contribution in [2.75, 3.05) is 19.7 Å². The maximum absolute atomic E-state index is 5.93. The van der Waals surface area contributed by atoms with Crippen molar-refractivity contribution in [3.05, 3.63) is 52.3 Å². The number of nitrogens with zero attached hydrogens (tertiary/aromatic N) is 2. The number of benzene rings is 1. The van der Waals surface area contributed by atoms with Gasteiger partial charge in [-0.15, -0.1) is 0 Å². The number of aromatic nitrogens is 2. The van der Waals surface area contributed by atoms with Crippen LogP contribution in [0.25, 0.3) is 0 Å². The van der Waals surface area contributed by atoms with Crippen LogP contribution in [0.1, 0.15) is 22.9 Å². The highest BCUT2D eigenvalue weighted by Gasteiger charge is 2.22. The van der Waals surface area contributed by atoms with E-state index in [1.807, 2.05) is 30.5 Å². The third-order valence-corrected chi connectivity index (χ3v) is 3.97. The highest BCUT2D eigenvalue weighted by Crippen LogP contribution is 2.24. The van der Waals surface area contributed by atoms with Gasteiger partial charge < -0.3 is 4.74 Å². The largest absolute Gasteiger partial charge is 0.371 e. The smallest absolute Gasteiger partial charge is 0.0952 e. The molecule has 1 aliphatic rings. The molecule has 3 rings (SSSR count). The Kier molecular flexibility index (Phi) is 4.05. The van der Waals surface area contributed by atoms with Gasteiger partial charge in [-0.1, -0.05) is 23.7 Å². The first-order valence-electron chi connectivity index (χ1n) is 6.80. The van der Waals surface area contributed by atoms with Gasteiger partial charge in [-0.3, -0.25) is 10.00 Å². The fourth-order valence-corrected chi connectivity index (χ4v) is 2.63. The van der Waals surface area contributed by atoms with Crippen molar-refractivity contribution < 1.29 is 4.74 Å². The Morgan fingerprint density at radius 1 is 1.40 bits per heavy atom. The van der Waals surface area contributed by atoms with Crippen LogP contribution in [0.15, 0.2) is 30.5 Å². The van der Waals surface area contributed by atoms with Crippen molar-refractivity contribution >= 4 is 11.6 Å². The van der Waals surface area contributed by atoms with Crippen LogP contribution in [-0.2, 0) is 11.3 Å². The number of hydrogen-bond donors (Lipinski definition) is 1. The number of aromatic amines is 1. The number of morpholine rings is 1. The molecule has 1 aromatic heterocycles. The lowest BCUT2D eigenvalue weighted by atomic mass is 10.1. The van der Waals surface area contributed by atoms with Crippen molar-refractivity contribution in [2.45, 2.75) is 19.6 Å². The molecule has 1 saturated heterocycles. The van der Waals surface area contributed by atoms with E-state index in [2.05, 4.69) is 22.0 Å². The third kappa shape index (κ3) is 3.03. The minimum Gasteiger partial charge on any atom is -0.371 e. The normalized spacial score (nSPS) is 20.2. The van der Waals surface area contributed by atoms with E-state index in [4.69, 9.17) is 16.3 Å². The number of hydrogen-bond acceptors (Lipinski definition) is 3. The van der Waals surface area contributed by atoms with Crippen LogP contribution >= 0.6 is 11.6 Å². The molecule has 5 heteroatoms. The third-order valence-electron chi connectivity index (χ3n) is 3.72. The van der Waals surface area contributed by atoms with E-state index in [-0.39, 0.29) is 6.10 Å². The first kappa shape index (κ1) is 13.6. The predicted octanol–water partition coefficient (Wildman–Crippen LogP) is 2.95. The zero-order valence-corrected chi connectivity index (χ0v) is 12.2. The minimum atomic E-state index is 0.119. The Labute approximate surface area is 123 Å². The molecule has 1 fully saturated rings. The van der Waals surface area contributed by atoms with E-state index < -0.39 is 0 Å². The van der Waals surface area contributed by atoms with Gasteiger partial charge in [-0.25, -0.2) is 0 Å². The van der Waals surface area contributed by atoms with Crippen LogP contribution in [-0.4, -0.2) is 34.8 Å². The van der Waals surface area contributed by atoms with Gasteiger partial charge in [-0.2, -0.15) is 5.10 Å². The van der Waals surface area contributed by atoms with Crippen LogP contribution in [0.2, 0.25) is 5.02 Å². The standard InChI is InChI=1S/C15H18ClN3O/c1-11-13(8-17-18-11)9-19-6-7-20-15(10-19)12-2-4-14(16)5-3-12/h2-5,8,15H,6-7,9-10H2,1H3,(H,17,18)/t15-/m0/s1. The molecule has 0 radical (unpaired) electrons. The number of H-pyrrole nitrogens is 1. The van der Waals surface area contributed by atoms with Gasteiger partial charge in [0.1, 0.15) is 0 Å². The fraction of sp³-hybridized carbons (Fsp3) is 0.400. The van der Waals surface area contributed by atoms with Gasteiger partial charge in [0.05, 0.1) is 18.9 Å². The van der Waals surface area contributed by atoms with Gasteiger partial charge >= 0.3 is 0 Å². The molecule has 2 heterocycles. The van der Waals surface area contributed by atoms with Gasteiger partial charge in [0.2, 0.25) is 0 Å². The molecule has 0 spiro atoms. The summed E-state index contributed by atoms with van der Waals surface area (Å²) >= 11 is 5.93. The second kappa shape index (κ2) is 5.95. The molecule has 1 aliphatic heterocycles. The van der Waals surface area contributed by atoms with E-state index >= 15 is 0 Å². The van der Waals surface area contributed by atoms with Crippen LogP contribution in [0.3, 0.4) is 0 Å². The van der Waals surface area contributed by atoms with E-state index in [1.54, 1.807) is 0 Å². The van der Waals surface area contributed by atoms with Crippen LogP contribution in [0.5, 0.6) is 0 Å². The number of aryl methyl sites for hydroxylation is 1. The first-order chi connectivity index (χ1) is 9.72. The van der Waals surface area contributed by atoms with Crippen LogP contribution in [0, 0.1) is 6.92 Å². The second-order valence-electron chi connectivity index (χ2n) is 5.17. The van der Waals surface area contributed by atoms with Crippen molar-refractivity contribution in [3.8, 4) is 0 Å². The first-order valence-corrected chi connectivity index (χ1v) is 7.18. The monoisotopic (exact) mass is 291 g/mol. The lowest BCUT2D eigenvalue weighted by Gasteiger charge is -2.33. The summed E-state index contributed by atoms with van der Waals surface area (Å²) in [5.74, 6) is 0. The highest BCUT2D eigenvalue weighted by atomic mass is 35.5. The lowest BCUT2D eigenvalue weighted by molar-refractivity contribution is -0.0329. The quantitative estimate of drug-likeness (QED) is 0.945. The maximum atomic E-state index is 5.93. The highest BCUT2D eigenvalue weighted by molar-refractivity contribution is 6.30. The van der Waals surface area contributed by atoms with Gasteiger partial charge in [-0.05, 0) is 24.6 Å². The Morgan fingerprint density at radius 2 is 2.20 bits per heavy atom. The van der Waals surface area contributed by atoms with Crippen molar-refractivity contribution in [1.82, 2.24) is 15.1 Å². The Bertz CT molecular complexity index is 567. The summed E-state index contributed by atoms with van der Waals surface area (Å²) in [6.45, 7) is 5.57. The Balaban J connectivity index is 1.67. The van der Waals surface area contributed by atoms with E-state index in [1.165, 1.54) is 11.1 Å². The molecule has 0 saturated carbocycles. The van der Waals surface area contributed by atoms with Crippen molar-refractivity contribution in [1.29, 1.82) is 0 Å². The van der Waals surface area contributed by atoms with Gasteiger partial charge in [0, 0.05) is 35.9 Å². The number of ether oxygens (including phenoxy) is 1. The van der Waals surface area contributed by atoms with Gasteiger partial charge in [0.15, 0.2) is 0 Å². The summed E-state index contributed by atoms with van der Waals surface area (Å²) in [5.41, 5.74) is 3.57. The molecule has 0 bridgehead atoms.